The third-order valence-corrected chi connectivity index (χ3v) is 5.86. The van der Waals surface area contributed by atoms with E-state index in [1.807, 2.05) is 25.1 Å². The van der Waals surface area contributed by atoms with Crippen LogP contribution in [-0.2, 0) is 9.63 Å². The molecule has 0 heterocycles. The van der Waals surface area contributed by atoms with Crippen LogP contribution in [0, 0.1) is 0 Å². The zero-order valence-corrected chi connectivity index (χ0v) is 19.8. The van der Waals surface area contributed by atoms with Crippen molar-refractivity contribution in [3.05, 3.63) is 35.9 Å². The van der Waals surface area contributed by atoms with Crippen molar-refractivity contribution < 1.29 is 14.4 Å². The second-order valence-electron chi connectivity index (χ2n) is 8.95. The molecule has 5 nitrogen and oxygen atoms in total. The Morgan fingerprint density at radius 3 is 1.90 bits per heavy atom. The molecule has 0 radical (unpaired) electrons. The van der Waals surface area contributed by atoms with Gasteiger partial charge in [0.2, 0.25) is 5.91 Å². The van der Waals surface area contributed by atoms with Crippen LogP contribution in [0.1, 0.15) is 121 Å². The predicted molar refractivity (Wildman–Crippen MR) is 128 cm³/mol. The lowest BCUT2D eigenvalue weighted by Crippen LogP contribution is -2.38. The molecule has 0 saturated carbocycles. The van der Waals surface area contributed by atoms with E-state index >= 15 is 0 Å². The van der Waals surface area contributed by atoms with Gasteiger partial charge in [-0.15, -0.1) is 0 Å². The summed E-state index contributed by atoms with van der Waals surface area (Å²) in [6.07, 6.45) is 16.7. The highest BCUT2D eigenvalue weighted by molar-refractivity contribution is 5.93. The highest BCUT2D eigenvalue weighted by Gasteiger charge is 2.26. The second kappa shape index (κ2) is 16.8. The van der Waals surface area contributed by atoms with E-state index in [2.05, 4.69) is 12.4 Å². The highest BCUT2D eigenvalue weighted by Crippen LogP contribution is 2.25. The topological polar surface area (TPSA) is 81.4 Å². The Bertz CT molecular complexity index is 606. The van der Waals surface area contributed by atoms with Crippen LogP contribution in [-0.4, -0.2) is 17.4 Å². The maximum absolute atomic E-state index is 12.3. The van der Waals surface area contributed by atoms with Crippen LogP contribution in [0.5, 0.6) is 0 Å². The zero-order valence-electron chi connectivity index (χ0n) is 19.8. The minimum atomic E-state index is -0.501. The van der Waals surface area contributed by atoms with E-state index in [0.29, 0.717) is 24.8 Å². The number of nitrogens with two attached hydrogens (primary N) is 1. The third kappa shape index (κ3) is 13.9. The molecule has 0 bridgehead atoms. The Hall–Kier alpha value is -1.88. The fourth-order valence-electron chi connectivity index (χ4n) is 3.84. The summed E-state index contributed by atoms with van der Waals surface area (Å²) in [5.74, 6) is -0.550. The monoisotopic (exact) mass is 432 g/mol. The van der Waals surface area contributed by atoms with E-state index in [0.717, 1.165) is 19.3 Å². The number of primary amides is 1. The zero-order chi connectivity index (χ0) is 22.8. The summed E-state index contributed by atoms with van der Waals surface area (Å²) in [6.45, 7) is 4.26. The van der Waals surface area contributed by atoms with Gasteiger partial charge in [0.05, 0.1) is 5.60 Å². The van der Waals surface area contributed by atoms with Crippen LogP contribution in [0.25, 0.3) is 0 Å². The molecule has 1 aromatic rings. The average Bonchev–Trinajstić information content (AvgIpc) is 2.76. The predicted octanol–water partition coefficient (Wildman–Crippen LogP) is 6.46. The molecule has 1 atom stereocenters. The quantitative estimate of drug-likeness (QED) is 0.194. The molecule has 0 spiro atoms. The molecule has 0 aliphatic rings. The van der Waals surface area contributed by atoms with Crippen molar-refractivity contribution in [2.24, 2.45) is 5.73 Å². The van der Waals surface area contributed by atoms with Gasteiger partial charge in [0, 0.05) is 12.0 Å². The van der Waals surface area contributed by atoms with Crippen LogP contribution < -0.4 is 11.2 Å². The summed E-state index contributed by atoms with van der Waals surface area (Å²) in [5.41, 5.74) is 7.96. The minimum Gasteiger partial charge on any atom is -0.370 e. The first-order valence-electron chi connectivity index (χ1n) is 12.3. The van der Waals surface area contributed by atoms with E-state index in [1.54, 1.807) is 12.1 Å². The van der Waals surface area contributed by atoms with Crippen LogP contribution in [0.3, 0.4) is 0 Å². The fourth-order valence-corrected chi connectivity index (χ4v) is 3.84. The average molecular weight is 433 g/mol. The van der Waals surface area contributed by atoms with Crippen molar-refractivity contribution in [1.29, 1.82) is 0 Å². The Kier molecular flexibility index (Phi) is 14.7. The third-order valence-electron chi connectivity index (χ3n) is 5.86. The van der Waals surface area contributed by atoms with E-state index in [-0.39, 0.29) is 11.8 Å². The first-order chi connectivity index (χ1) is 15.0. The largest absolute Gasteiger partial charge is 0.370 e. The van der Waals surface area contributed by atoms with Crippen LogP contribution in [0.15, 0.2) is 30.3 Å². The van der Waals surface area contributed by atoms with Gasteiger partial charge >= 0.3 is 0 Å². The van der Waals surface area contributed by atoms with E-state index in [4.69, 9.17) is 10.6 Å². The maximum Gasteiger partial charge on any atom is 0.274 e. The number of carbonyl (C=O) groups is 2. The molecule has 1 aromatic carbocycles. The number of benzene rings is 1. The first kappa shape index (κ1) is 27.2. The molecular weight excluding hydrogens is 388 g/mol. The van der Waals surface area contributed by atoms with E-state index in [9.17, 15) is 9.59 Å². The van der Waals surface area contributed by atoms with Gasteiger partial charge in [-0.25, -0.2) is 5.48 Å². The Labute approximate surface area is 189 Å². The smallest absolute Gasteiger partial charge is 0.274 e. The molecular formula is C26H44N2O3. The van der Waals surface area contributed by atoms with E-state index < -0.39 is 5.60 Å². The number of hydrogen-bond donors (Lipinski definition) is 2. The van der Waals surface area contributed by atoms with Crippen LogP contribution >= 0.6 is 0 Å². The number of hydroxylamine groups is 1. The molecule has 1 unspecified atom stereocenters. The van der Waals surface area contributed by atoms with Crippen LogP contribution in [0.4, 0.5) is 0 Å². The van der Waals surface area contributed by atoms with Crippen molar-refractivity contribution in [2.45, 2.75) is 116 Å². The summed E-state index contributed by atoms with van der Waals surface area (Å²) in [5, 5.41) is 0. The van der Waals surface area contributed by atoms with E-state index in [1.165, 1.54) is 57.8 Å². The lowest BCUT2D eigenvalue weighted by molar-refractivity contribution is -0.119. The van der Waals surface area contributed by atoms with Crippen molar-refractivity contribution in [2.75, 3.05) is 0 Å². The van der Waals surface area contributed by atoms with Crippen molar-refractivity contribution in [3.8, 4) is 0 Å². The molecule has 0 saturated heterocycles. The van der Waals surface area contributed by atoms with Gasteiger partial charge in [0.1, 0.15) is 0 Å². The van der Waals surface area contributed by atoms with Gasteiger partial charge < -0.3 is 5.73 Å². The summed E-state index contributed by atoms with van der Waals surface area (Å²) in [7, 11) is 0. The summed E-state index contributed by atoms with van der Waals surface area (Å²) in [6, 6.07) is 9.04. The minimum absolute atomic E-state index is 0.249. The molecule has 0 aliphatic heterocycles. The van der Waals surface area contributed by atoms with Gasteiger partial charge in [-0.3, -0.25) is 14.4 Å². The fraction of sp³-hybridized carbons (Fsp3) is 0.692. The van der Waals surface area contributed by atoms with Gasteiger partial charge in [0.25, 0.3) is 5.91 Å². The first-order valence-corrected chi connectivity index (χ1v) is 12.3. The molecule has 1 rings (SSSR count). The summed E-state index contributed by atoms with van der Waals surface area (Å²) >= 11 is 0. The molecule has 2 amide bonds. The summed E-state index contributed by atoms with van der Waals surface area (Å²) in [4.78, 5) is 29.3. The summed E-state index contributed by atoms with van der Waals surface area (Å²) < 4.78 is 0. The highest BCUT2D eigenvalue weighted by atomic mass is 16.7. The van der Waals surface area contributed by atoms with Gasteiger partial charge in [-0.05, 0) is 38.3 Å². The lowest BCUT2D eigenvalue weighted by atomic mass is 9.92. The number of carbonyl (C=O) groups excluding carboxylic acids is 2. The van der Waals surface area contributed by atoms with Gasteiger partial charge in [0.15, 0.2) is 0 Å². The Morgan fingerprint density at radius 2 is 1.35 bits per heavy atom. The molecule has 0 fully saturated rings. The number of unbranched alkanes of at least 4 members (excludes halogenated alkanes) is 10. The molecule has 0 aliphatic carbocycles. The molecule has 0 aromatic heterocycles. The lowest BCUT2D eigenvalue weighted by Gasteiger charge is -2.29. The normalized spacial score (nSPS) is 13.0. The number of nitrogens with one attached hydrogen (secondary N) is 1. The van der Waals surface area contributed by atoms with Crippen LogP contribution in [0.2, 0.25) is 0 Å². The standard InChI is InChI=1S/C26H44N2O3/c1-3-4-5-6-7-8-9-10-11-12-16-21-26(2,22-17-20-24(27)29)31-28-25(30)23-18-14-13-15-19-23/h13-15,18-19H,3-12,16-17,20-22H2,1-2H3,(H2,27,29)(H,28,30). The molecule has 176 valence electrons. The molecule has 31 heavy (non-hydrogen) atoms. The number of amides is 2. The second-order valence-corrected chi connectivity index (χ2v) is 8.95. The van der Waals surface area contributed by atoms with Gasteiger partial charge in [-0.2, -0.15) is 0 Å². The Balaban J connectivity index is 2.31. The van der Waals surface area contributed by atoms with Gasteiger partial charge in [-0.1, -0.05) is 95.8 Å². The van der Waals surface area contributed by atoms with Crippen molar-refractivity contribution in [3.63, 3.8) is 0 Å². The number of hydrogen-bond acceptors (Lipinski definition) is 3. The SMILES string of the molecule is CCCCCCCCCCCCCC(C)(CCCC(N)=O)ONC(=O)c1ccccc1. The van der Waals surface area contributed by atoms with Crippen molar-refractivity contribution >= 4 is 11.8 Å². The molecule has 3 N–H and O–H groups in total. The molecule has 5 heteroatoms. The number of rotatable bonds is 19. The Morgan fingerprint density at radius 1 is 0.839 bits per heavy atom. The van der Waals surface area contributed by atoms with Crippen molar-refractivity contribution in [1.82, 2.24) is 5.48 Å². The maximum atomic E-state index is 12.3.